The summed E-state index contributed by atoms with van der Waals surface area (Å²) in [7, 11) is 0. The standard InChI is InChI=1S/C7H10Cl4/c8-6-4-2-1-3-5(6)7(9,10)11/h5-6H,1-4H2/t5-,6-/m1/s1. The van der Waals surface area contributed by atoms with Gasteiger partial charge in [-0.1, -0.05) is 47.6 Å². The zero-order chi connectivity index (χ0) is 8.48. The molecule has 0 nitrogen and oxygen atoms in total. The Morgan fingerprint density at radius 2 is 1.55 bits per heavy atom. The molecule has 1 saturated carbocycles. The molecule has 0 aromatic heterocycles. The van der Waals surface area contributed by atoms with Crippen LogP contribution >= 0.6 is 46.4 Å². The van der Waals surface area contributed by atoms with Gasteiger partial charge in [-0.15, -0.1) is 11.6 Å². The molecule has 0 radical (unpaired) electrons. The minimum absolute atomic E-state index is 0.0305. The van der Waals surface area contributed by atoms with Crippen LogP contribution in [0.5, 0.6) is 0 Å². The summed E-state index contributed by atoms with van der Waals surface area (Å²) in [6.07, 6.45) is 4.19. The Balaban J connectivity index is 2.55. The van der Waals surface area contributed by atoms with Crippen molar-refractivity contribution < 1.29 is 0 Å². The first-order chi connectivity index (χ1) is 5.02. The van der Waals surface area contributed by atoms with Gasteiger partial charge < -0.3 is 0 Å². The fourth-order valence-electron chi connectivity index (χ4n) is 1.45. The van der Waals surface area contributed by atoms with Gasteiger partial charge in [0.05, 0.1) is 0 Å². The summed E-state index contributed by atoms with van der Waals surface area (Å²) in [4.78, 5) is 0. The first-order valence-electron chi connectivity index (χ1n) is 3.72. The third-order valence-corrected chi connectivity index (χ3v) is 3.47. The van der Waals surface area contributed by atoms with E-state index in [-0.39, 0.29) is 11.3 Å². The van der Waals surface area contributed by atoms with Crippen LogP contribution in [0.3, 0.4) is 0 Å². The molecule has 66 valence electrons. The zero-order valence-electron chi connectivity index (χ0n) is 5.99. The van der Waals surface area contributed by atoms with Crippen LogP contribution in [0.4, 0.5) is 0 Å². The SMILES string of the molecule is Cl[C@@H]1CCCC[C@H]1C(Cl)(Cl)Cl. The summed E-state index contributed by atoms with van der Waals surface area (Å²) < 4.78 is -1.17. The highest BCUT2D eigenvalue weighted by Crippen LogP contribution is 2.44. The quantitative estimate of drug-likeness (QED) is 0.554. The topological polar surface area (TPSA) is 0 Å². The van der Waals surface area contributed by atoms with Crippen molar-refractivity contribution >= 4 is 46.4 Å². The van der Waals surface area contributed by atoms with Gasteiger partial charge in [0.2, 0.25) is 0 Å². The lowest BCUT2D eigenvalue weighted by Crippen LogP contribution is -2.31. The lowest BCUT2D eigenvalue weighted by atomic mass is 9.90. The summed E-state index contributed by atoms with van der Waals surface area (Å²) in [5.74, 6) is 0.0305. The zero-order valence-corrected chi connectivity index (χ0v) is 9.02. The van der Waals surface area contributed by atoms with Crippen molar-refractivity contribution in [3.8, 4) is 0 Å². The second-order valence-electron chi connectivity index (χ2n) is 2.95. The van der Waals surface area contributed by atoms with Gasteiger partial charge >= 0.3 is 0 Å². The number of hydrogen-bond acceptors (Lipinski definition) is 0. The van der Waals surface area contributed by atoms with Crippen LogP contribution in [-0.2, 0) is 0 Å². The van der Waals surface area contributed by atoms with Crippen LogP contribution in [-0.4, -0.2) is 9.17 Å². The van der Waals surface area contributed by atoms with Crippen molar-refractivity contribution in [2.24, 2.45) is 5.92 Å². The predicted octanol–water partition coefficient (Wildman–Crippen LogP) is 4.15. The summed E-state index contributed by atoms with van der Waals surface area (Å²) in [6, 6.07) is 0. The average Bonchev–Trinajstić information content (AvgIpc) is 1.86. The Morgan fingerprint density at radius 3 is 1.91 bits per heavy atom. The third-order valence-electron chi connectivity index (χ3n) is 2.10. The van der Waals surface area contributed by atoms with Gasteiger partial charge in [0.1, 0.15) is 0 Å². The molecule has 4 heteroatoms. The molecule has 0 spiro atoms. The van der Waals surface area contributed by atoms with E-state index in [2.05, 4.69) is 0 Å². The maximum Gasteiger partial charge on any atom is 0.194 e. The third kappa shape index (κ3) is 2.84. The highest BCUT2D eigenvalue weighted by Gasteiger charge is 2.38. The van der Waals surface area contributed by atoms with Gasteiger partial charge in [-0.25, -0.2) is 0 Å². The Morgan fingerprint density at radius 1 is 1.00 bits per heavy atom. The monoisotopic (exact) mass is 234 g/mol. The van der Waals surface area contributed by atoms with Gasteiger partial charge in [-0.05, 0) is 12.8 Å². The van der Waals surface area contributed by atoms with Gasteiger partial charge in [0, 0.05) is 11.3 Å². The van der Waals surface area contributed by atoms with E-state index in [1.54, 1.807) is 0 Å². The van der Waals surface area contributed by atoms with E-state index in [1.165, 1.54) is 0 Å². The van der Waals surface area contributed by atoms with Crippen LogP contribution in [0.25, 0.3) is 0 Å². The Bertz CT molecular complexity index is 129. The van der Waals surface area contributed by atoms with E-state index >= 15 is 0 Å². The molecule has 0 bridgehead atoms. The highest BCUT2D eigenvalue weighted by molar-refractivity contribution is 6.67. The fourth-order valence-corrected chi connectivity index (χ4v) is 2.90. The number of rotatable bonds is 0. The molecule has 1 aliphatic carbocycles. The fraction of sp³-hybridized carbons (Fsp3) is 1.00. The van der Waals surface area contributed by atoms with Crippen molar-refractivity contribution in [2.75, 3.05) is 0 Å². The van der Waals surface area contributed by atoms with E-state index in [0.29, 0.717) is 0 Å². The van der Waals surface area contributed by atoms with Crippen molar-refractivity contribution in [2.45, 2.75) is 34.9 Å². The van der Waals surface area contributed by atoms with E-state index in [0.717, 1.165) is 25.7 Å². The minimum Gasteiger partial charge on any atom is -0.123 e. The average molecular weight is 236 g/mol. The molecule has 0 N–H and O–H groups in total. The highest BCUT2D eigenvalue weighted by atomic mass is 35.6. The Kier molecular flexibility index (Phi) is 3.64. The van der Waals surface area contributed by atoms with Gasteiger partial charge in [-0.2, -0.15) is 0 Å². The predicted molar refractivity (Wildman–Crippen MR) is 51.9 cm³/mol. The molecule has 0 aromatic rings. The van der Waals surface area contributed by atoms with E-state index < -0.39 is 3.79 Å². The Hall–Kier alpha value is 1.16. The van der Waals surface area contributed by atoms with Crippen molar-refractivity contribution in [3.63, 3.8) is 0 Å². The minimum atomic E-state index is -1.17. The van der Waals surface area contributed by atoms with Crippen LogP contribution in [0.2, 0.25) is 0 Å². The van der Waals surface area contributed by atoms with Gasteiger partial charge in [-0.3, -0.25) is 0 Å². The summed E-state index contributed by atoms with van der Waals surface area (Å²) in [5, 5.41) is 0.0382. The molecule has 0 aliphatic heterocycles. The van der Waals surface area contributed by atoms with Crippen LogP contribution < -0.4 is 0 Å². The number of alkyl halides is 4. The summed E-state index contributed by atoms with van der Waals surface area (Å²) in [5.41, 5.74) is 0. The smallest absolute Gasteiger partial charge is 0.123 e. The van der Waals surface area contributed by atoms with Gasteiger partial charge in [0.15, 0.2) is 3.79 Å². The van der Waals surface area contributed by atoms with E-state index in [4.69, 9.17) is 46.4 Å². The molecule has 0 saturated heterocycles. The molecule has 11 heavy (non-hydrogen) atoms. The number of halogens is 4. The number of hydrogen-bond donors (Lipinski definition) is 0. The maximum atomic E-state index is 6.01. The van der Waals surface area contributed by atoms with Gasteiger partial charge in [0.25, 0.3) is 0 Å². The molecule has 1 rings (SSSR count). The molecular formula is C7H10Cl4. The Labute approximate surface area is 87.1 Å². The normalized spacial score (nSPS) is 33.8. The summed E-state index contributed by atoms with van der Waals surface area (Å²) >= 11 is 23.3. The van der Waals surface area contributed by atoms with E-state index in [1.807, 2.05) is 0 Å². The van der Waals surface area contributed by atoms with Crippen molar-refractivity contribution in [1.82, 2.24) is 0 Å². The molecular weight excluding hydrogens is 226 g/mol. The molecule has 0 heterocycles. The molecule has 0 aromatic carbocycles. The molecule has 0 unspecified atom stereocenters. The first kappa shape index (κ1) is 10.2. The van der Waals surface area contributed by atoms with E-state index in [9.17, 15) is 0 Å². The van der Waals surface area contributed by atoms with Crippen molar-refractivity contribution in [1.29, 1.82) is 0 Å². The van der Waals surface area contributed by atoms with Crippen LogP contribution in [0.1, 0.15) is 25.7 Å². The van der Waals surface area contributed by atoms with Crippen molar-refractivity contribution in [3.05, 3.63) is 0 Å². The summed E-state index contributed by atoms with van der Waals surface area (Å²) in [6.45, 7) is 0. The molecule has 2 atom stereocenters. The van der Waals surface area contributed by atoms with Crippen LogP contribution in [0, 0.1) is 5.92 Å². The molecule has 1 aliphatic rings. The second kappa shape index (κ2) is 3.91. The van der Waals surface area contributed by atoms with Crippen LogP contribution in [0.15, 0.2) is 0 Å². The molecule has 1 fully saturated rings. The lowest BCUT2D eigenvalue weighted by Gasteiger charge is -2.32. The second-order valence-corrected chi connectivity index (χ2v) is 5.88. The largest absolute Gasteiger partial charge is 0.194 e. The maximum absolute atomic E-state index is 6.01. The lowest BCUT2D eigenvalue weighted by molar-refractivity contribution is 0.370. The molecule has 0 amide bonds. The first-order valence-corrected chi connectivity index (χ1v) is 5.29.